The van der Waals surface area contributed by atoms with Crippen LogP contribution in [0.5, 0.6) is 5.75 Å². The number of nitrogens with zero attached hydrogens (tertiary/aromatic N) is 4. The number of hydrogen-bond acceptors (Lipinski definition) is 7. The quantitative estimate of drug-likeness (QED) is 0.535. The zero-order chi connectivity index (χ0) is 21.0. The van der Waals surface area contributed by atoms with E-state index in [1.54, 1.807) is 17.0 Å². The predicted octanol–water partition coefficient (Wildman–Crippen LogP) is 2.37. The number of nitro groups is 2. The van der Waals surface area contributed by atoms with Gasteiger partial charge in [0.15, 0.2) is 6.61 Å². The number of non-ortho nitro benzene ring substituents is 1. The van der Waals surface area contributed by atoms with Crippen LogP contribution < -0.4 is 9.64 Å². The predicted molar refractivity (Wildman–Crippen MR) is 100 cm³/mol. The van der Waals surface area contributed by atoms with E-state index in [9.17, 15) is 29.4 Å². The first-order chi connectivity index (χ1) is 13.8. The van der Waals surface area contributed by atoms with E-state index in [-0.39, 0.29) is 17.3 Å². The molecule has 0 radical (unpaired) electrons. The molecule has 11 heteroatoms. The number of nitro benzene ring substituents is 2. The Balaban J connectivity index is 1.55. The van der Waals surface area contributed by atoms with Crippen LogP contribution >= 0.6 is 0 Å². The summed E-state index contributed by atoms with van der Waals surface area (Å²) in [5.74, 6) is -1.37. The third kappa shape index (κ3) is 4.75. The van der Waals surface area contributed by atoms with Crippen molar-refractivity contribution in [1.29, 1.82) is 0 Å². The van der Waals surface area contributed by atoms with Gasteiger partial charge in [-0.05, 0) is 18.2 Å². The maximum absolute atomic E-state index is 13.3. The molecule has 0 aliphatic carbocycles. The molecule has 0 saturated carbocycles. The van der Waals surface area contributed by atoms with Gasteiger partial charge >= 0.3 is 5.69 Å². The van der Waals surface area contributed by atoms with E-state index < -0.39 is 28.0 Å². The maximum Gasteiger partial charge on any atom is 0.311 e. The van der Waals surface area contributed by atoms with Crippen LogP contribution in [0, 0.1) is 26.0 Å². The number of halogens is 1. The molecule has 1 saturated heterocycles. The molecule has 1 fully saturated rings. The maximum atomic E-state index is 13.3. The minimum absolute atomic E-state index is 0.00570. The zero-order valence-corrected chi connectivity index (χ0v) is 15.2. The summed E-state index contributed by atoms with van der Waals surface area (Å²) in [6, 6.07) is 8.96. The number of anilines is 1. The summed E-state index contributed by atoms with van der Waals surface area (Å²) in [4.78, 5) is 36.4. The molecule has 1 amide bonds. The lowest BCUT2D eigenvalue weighted by atomic mass is 10.2. The molecule has 1 aliphatic rings. The average molecular weight is 404 g/mol. The van der Waals surface area contributed by atoms with Crippen molar-refractivity contribution in [2.24, 2.45) is 0 Å². The lowest BCUT2D eigenvalue weighted by Gasteiger charge is -2.36. The number of ether oxygens (including phenoxy) is 1. The zero-order valence-electron chi connectivity index (χ0n) is 15.2. The summed E-state index contributed by atoms with van der Waals surface area (Å²) in [6.45, 7) is 1.38. The minimum Gasteiger partial charge on any atom is -0.477 e. The van der Waals surface area contributed by atoms with Gasteiger partial charge in [0.05, 0.1) is 9.85 Å². The summed E-state index contributed by atoms with van der Waals surface area (Å²) < 4.78 is 18.5. The number of carbonyl (C=O) groups excluding carboxylic acids is 1. The minimum atomic E-state index is -0.706. The second-order valence-electron chi connectivity index (χ2n) is 6.30. The van der Waals surface area contributed by atoms with Gasteiger partial charge in [-0.25, -0.2) is 4.39 Å². The van der Waals surface area contributed by atoms with Crippen LogP contribution in [0.2, 0.25) is 0 Å². The van der Waals surface area contributed by atoms with Gasteiger partial charge in [-0.2, -0.15) is 0 Å². The van der Waals surface area contributed by atoms with E-state index in [0.717, 1.165) is 23.9 Å². The van der Waals surface area contributed by atoms with Gasteiger partial charge in [-0.1, -0.05) is 0 Å². The summed E-state index contributed by atoms with van der Waals surface area (Å²) in [6.07, 6.45) is 0. The summed E-state index contributed by atoms with van der Waals surface area (Å²) in [5.41, 5.74) is 0.405. The van der Waals surface area contributed by atoms with Crippen molar-refractivity contribution in [3.05, 3.63) is 68.5 Å². The van der Waals surface area contributed by atoms with Crippen LogP contribution in [-0.4, -0.2) is 53.4 Å². The van der Waals surface area contributed by atoms with E-state index in [1.165, 1.54) is 12.1 Å². The summed E-state index contributed by atoms with van der Waals surface area (Å²) >= 11 is 0. The molecule has 0 atom stereocenters. The number of rotatable bonds is 6. The molecule has 0 spiro atoms. The normalized spacial score (nSPS) is 13.8. The topological polar surface area (TPSA) is 119 Å². The van der Waals surface area contributed by atoms with Gasteiger partial charge in [0.1, 0.15) is 5.82 Å². The van der Waals surface area contributed by atoms with Gasteiger partial charge in [-0.3, -0.25) is 25.0 Å². The molecular weight excluding hydrogens is 387 g/mol. The Hall–Kier alpha value is -3.76. The molecule has 1 aliphatic heterocycles. The molecule has 10 nitrogen and oxygen atoms in total. The summed E-state index contributed by atoms with van der Waals surface area (Å²) in [5, 5.41) is 21.7. The largest absolute Gasteiger partial charge is 0.477 e. The number of amides is 1. The van der Waals surface area contributed by atoms with Crippen LogP contribution in [-0.2, 0) is 4.79 Å². The average Bonchev–Trinajstić information content (AvgIpc) is 2.72. The molecule has 0 unspecified atom stereocenters. The van der Waals surface area contributed by atoms with Gasteiger partial charge in [0, 0.05) is 56.1 Å². The highest BCUT2D eigenvalue weighted by Gasteiger charge is 2.23. The fourth-order valence-electron chi connectivity index (χ4n) is 2.98. The Morgan fingerprint density at radius 2 is 1.66 bits per heavy atom. The van der Waals surface area contributed by atoms with Crippen molar-refractivity contribution in [3.8, 4) is 5.75 Å². The monoisotopic (exact) mass is 404 g/mol. The first-order valence-corrected chi connectivity index (χ1v) is 8.69. The first-order valence-electron chi connectivity index (χ1n) is 8.69. The molecule has 2 aromatic rings. The fourth-order valence-corrected chi connectivity index (χ4v) is 2.98. The molecular formula is C18H17FN4O6. The Labute approximate surface area is 164 Å². The Kier molecular flexibility index (Phi) is 5.86. The SMILES string of the molecule is O=C(COc1cc(F)ccc1[N+](=O)[O-])N1CCN(c2ccc([N+](=O)[O-])cc2)CC1. The van der Waals surface area contributed by atoms with Crippen molar-refractivity contribution in [2.75, 3.05) is 37.7 Å². The lowest BCUT2D eigenvalue weighted by molar-refractivity contribution is -0.385. The van der Waals surface area contributed by atoms with Gasteiger partial charge < -0.3 is 14.5 Å². The third-order valence-electron chi connectivity index (χ3n) is 4.53. The summed E-state index contributed by atoms with van der Waals surface area (Å²) in [7, 11) is 0. The molecule has 152 valence electrons. The van der Waals surface area contributed by atoms with Crippen molar-refractivity contribution in [3.63, 3.8) is 0 Å². The van der Waals surface area contributed by atoms with Crippen LogP contribution in [0.4, 0.5) is 21.5 Å². The number of carbonyl (C=O) groups is 1. The number of hydrogen-bond donors (Lipinski definition) is 0. The van der Waals surface area contributed by atoms with E-state index in [2.05, 4.69) is 0 Å². The second kappa shape index (κ2) is 8.50. The third-order valence-corrected chi connectivity index (χ3v) is 4.53. The van der Waals surface area contributed by atoms with Crippen LogP contribution in [0.1, 0.15) is 0 Å². The smallest absolute Gasteiger partial charge is 0.311 e. The van der Waals surface area contributed by atoms with Crippen LogP contribution in [0.3, 0.4) is 0 Å². The van der Waals surface area contributed by atoms with Crippen molar-refractivity contribution in [2.45, 2.75) is 0 Å². The van der Waals surface area contributed by atoms with Crippen LogP contribution in [0.25, 0.3) is 0 Å². The Morgan fingerprint density at radius 1 is 1.00 bits per heavy atom. The Bertz CT molecular complexity index is 928. The van der Waals surface area contributed by atoms with E-state index >= 15 is 0 Å². The number of piperazine rings is 1. The molecule has 3 rings (SSSR count). The van der Waals surface area contributed by atoms with Crippen molar-refractivity contribution < 1.29 is 23.8 Å². The molecule has 0 bridgehead atoms. The highest BCUT2D eigenvalue weighted by Crippen LogP contribution is 2.27. The molecule has 29 heavy (non-hydrogen) atoms. The van der Waals surface area contributed by atoms with Gasteiger partial charge in [0.2, 0.25) is 5.75 Å². The second-order valence-corrected chi connectivity index (χ2v) is 6.30. The van der Waals surface area contributed by atoms with Crippen molar-refractivity contribution in [1.82, 2.24) is 4.90 Å². The first kappa shape index (κ1) is 20.0. The standard InChI is InChI=1S/C18H17FN4O6/c19-13-1-6-16(23(27)28)17(11-13)29-12-18(24)21-9-7-20(8-10-21)14-2-4-15(5-3-14)22(25)26/h1-6,11H,7-10,12H2. The number of benzene rings is 2. The van der Waals surface area contributed by atoms with E-state index in [4.69, 9.17) is 4.74 Å². The van der Waals surface area contributed by atoms with E-state index in [1.807, 2.05) is 4.90 Å². The van der Waals surface area contributed by atoms with Gasteiger partial charge in [-0.15, -0.1) is 0 Å². The highest BCUT2D eigenvalue weighted by molar-refractivity contribution is 5.78. The highest BCUT2D eigenvalue weighted by atomic mass is 19.1. The van der Waals surface area contributed by atoms with Crippen LogP contribution in [0.15, 0.2) is 42.5 Å². The van der Waals surface area contributed by atoms with Gasteiger partial charge in [0.25, 0.3) is 11.6 Å². The molecule has 0 aromatic heterocycles. The van der Waals surface area contributed by atoms with Crippen molar-refractivity contribution >= 4 is 23.0 Å². The molecule has 0 N–H and O–H groups in total. The fraction of sp³-hybridized carbons (Fsp3) is 0.278. The lowest BCUT2D eigenvalue weighted by Crippen LogP contribution is -2.50. The molecule has 1 heterocycles. The Morgan fingerprint density at radius 3 is 2.24 bits per heavy atom. The van der Waals surface area contributed by atoms with E-state index in [0.29, 0.717) is 26.2 Å². The molecule has 2 aromatic carbocycles.